The zero-order chi connectivity index (χ0) is 16.9. The third-order valence-electron chi connectivity index (χ3n) is 3.52. The van der Waals surface area contributed by atoms with E-state index in [2.05, 4.69) is 4.74 Å². The third-order valence-corrected chi connectivity index (χ3v) is 3.52. The number of alkyl halides is 3. The average molecular weight is 355 g/mol. The Balaban J connectivity index is 0.00000484. The van der Waals surface area contributed by atoms with Gasteiger partial charge in [0.1, 0.15) is 5.75 Å². The van der Waals surface area contributed by atoms with Crippen molar-refractivity contribution in [3.63, 3.8) is 0 Å². The Morgan fingerprint density at radius 3 is 2.43 bits per heavy atom. The molecule has 0 bridgehead atoms. The molecule has 8 heteroatoms. The second-order valence-electron chi connectivity index (χ2n) is 5.26. The Labute approximate surface area is 140 Å². The fraction of sp³-hybridized carbons (Fsp3) is 0.533. The predicted molar refractivity (Wildman–Crippen MR) is 84.3 cm³/mol. The first-order valence-electron chi connectivity index (χ1n) is 7.00. The molecule has 4 nitrogen and oxygen atoms in total. The lowest BCUT2D eigenvalue weighted by Crippen LogP contribution is -2.45. The second kappa shape index (κ2) is 8.98. The maximum Gasteiger partial charge on any atom is 0.573 e. The van der Waals surface area contributed by atoms with Crippen LogP contribution < -0.4 is 10.5 Å². The molecule has 1 aromatic rings. The van der Waals surface area contributed by atoms with E-state index in [-0.39, 0.29) is 42.1 Å². The molecule has 0 radical (unpaired) electrons. The van der Waals surface area contributed by atoms with Gasteiger partial charge in [-0.1, -0.05) is 38.5 Å². The summed E-state index contributed by atoms with van der Waals surface area (Å²) in [4.78, 5) is 13.5. The van der Waals surface area contributed by atoms with Crippen molar-refractivity contribution in [1.82, 2.24) is 4.90 Å². The molecule has 1 aromatic carbocycles. The summed E-state index contributed by atoms with van der Waals surface area (Å²) < 4.78 is 41.1. The molecule has 0 heterocycles. The van der Waals surface area contributed by atoms with Crippen molar-refractivity contribution < 1.29 is 22.7 Å². The van der Waals surface area contributed by atoms with Crippen LogP contribution in [0.1, 0.15) is 25.8 Å². The van der Waals surface area contributed by atoms with Gasteiger partial charge >= 0.3 is 6.36 Å². The Hall–Kier alpha value is -1.47. The molecule has 0 fully saturated rings. The van der Waals surface area contributed by atoms with Gasteiger partial charge in [0.15, 0.2) is 0 Å². The summed E-state index contributed by atoms with van der Waals surface area (Å²) in [7, 11) is 1.51. The first-order chi connectivity index (χ1) is 10.2. The summed E-state index contributed by atoms with van der Waals surface area (Å²) in [6.07, 6.45) is -4.03. The molecule has 0 aromatic heterocycles. The van der Waals surface area contributed by atoms with Crippen LogP contribution in [0.25, 0.3) is 0 Å². The van der Waals surface area contributed by atoms with Gasteiger partial charge in [-0.3, -0.25) is 4.79 Å². The number of benzene rings is 1. The van der Waals surface area contributed by atoms with E-state index in [0.29, 0.717) is 0 Å². The molecule has 1 rings (SSSR count). The molecule has 132 valence electrons. The van der Waals surface area contributed by atoms with Gasteiger partial charge in [-0.15, -0.1) is 25.6 Å². The number of nitrogens with two attached hydrogens (primary N) is 1. The lowest BCUT2D eigenvalue weighted by Gasteiger charge is -2.25. The largest absolute Gasteiger partial charge is 0.573 e. The van der Waals surface area contributed by atoms with Gasteiger partial charge < -0.3 is 15.4 Å². The van der Waals surface area contributed by atoms with E-state index in [1.165, 1.54) is 30.1 Å². The number of para-hydroxylation sites is 1. The quantitative estimate of drug-likeness (QED) is 0.852. The molecule has 0 saturated heterocycles. The summed E-state index contributed by atoms with van der Waals surface area (Å²) in [5.41, 5.74) is 6.13. The number of hydrogen-bond acceptors (Lipinski definition) is 3. The summed E-state index contributed by atoms with van der Waals surface area (Å²) in [5, 5.41) is 0. The van der Waals surface area contributed by atoms with Crippen LogP contribution in [-0.4, -0.2) is 30.3 Å². The molecule has 0 aliphatic rings. The van der Waals surface area contributed by atoms with Crippen molar-refractivity contribution >= 4 is 18.3 Å². The minimum absolute atomic E-state index is 0. The molecule has 23 heavy (non-hydrogen) atoms. The topological polar surface area (TPSA) is 55.6 Å². The highest BCUT2D eigenvalue weighted by Crippen LogP contribution is 2.27. The maximum absolute atomic E-state index is 12.4. The fourth-order valence-corrected chi connectivity index (χ4v) is 1.94. The van der Waals surface area contributed by atoms with E-state index in [0.717, 1.165) is 6.42 Å². The van der Waals surface area contributed by atoms with Gasteiger partial charge in [0.05, 0.1) is 6.04 Å². The van der Waals surface area contributed by atoms with Crippen molar-refractivity contribution in [3.05, 3.63) is 29.8 Å². The van der Waals surface area contributed by atoms with E-state index >= 15 is 0 Å². The first kappa shape index (κ1) is 21.5. The van der Waals surface area contributed by atoms with Crippen LogP contribution in [0.5, 0.6) is 5.75 Å². The number of likely N-dealkylation sites (N-methyl/N-ethyl adjacent to an activating group) is 1. The lowest BCUT2D eigenvalue weighted by molar-refractivity contribution is -0.275. The van der Waals surface area contributed by atoms with E-state index in [4.69, 9.17) is 5.73 Å². The number of hydrogen-bond donors (Lipinski definition) is 1. The number of carbonyl (C=O) groups excluding carboxylic acids is 1. The Morgan fingerprint density at radius 2 is 1.91 bits per heavy atom. The Morgan fingerprint density at radius 1 is 1.35 bits per heavy atom. The van der Waals surface area contributed by atoms with Crippen LogP contribution in [-0.2, 0) is 11.3 Å². The lowest BCUT2D eigenvalue weighted by atomic mass is 9.99. The average Bonchev–Trinajstić information content (AvgIpc) is 2.45. The van der Waals surface area contributed by atoms with Crippen molar-refractivity contribution in [3.8, 4) is 5.75 Å². The van der Waals surface area contributed by atoms with Crippen molar-refractivity contribution in [2.45, 2.75) is 39.2 Å². The van der Waals surface area contributed by atoms with E-state index in [1.54, 1.807) is 6.07 Å². The van der Waals surface area contributed by atoms with Crippen molar-refractivity contribution in [2.24, 2.45) is 11.7 Å². The molecule has 2 atom stereocenters. The van der Waals surface area contributed by atoms with Gasteiger partial charge in [0, 0.05) is 19.2 Å². The van der Waals surface area contributed by atoms with Gasteiger partial charge in [-0.05, 0) is 12.0 Å². The smallest absolute Gasteiger partial charge is 0.405 e. The first-order valence-corrected chi connectivity index (χ1v) is 7.00. The highest BCUT2D eigenvalue weighted by molar-refractivity contribution is 5.85. The van der Waals surface area contributed by atoms with Crippen LogP contribution in [0.15, 0.2) is 24.3 Å². The second-order valence-corrected chi connectivity index (χ2v) is 5.26. The standard InChI is InChI=1S/C15H21F3N2O2.ClH/c1-4-10(2)13(19)14(21)20(3)9-11-7-5-6-8-12(11)22-15(16,17)18;/h5-8,10,13H,4,9,19H2,1-3H3;1H. The minimum atomic E-state index is -4.77. The molecule has 2 unspecified atom stereocenters. The maximum atomic E-state index is 12.4. The summed E-state index contributed by atoms with van der Waals surface area (Å²) in [6.45, 7) is 3.77. The minimum Gasteiger partial charge on any atom is -0.405 e. The van der Waals surface area contributed by atoms with E-state index < -0.39 is 12.4 Å². The molecule has 2 N–H and O–H groups in total. The van der Waals surface area contributed by atoms with Crippen LogP contribution in [0.4, 0.5) is 13.2 Å². The van der Waals surface area contributed by atoms with E-state index in [1.807, 2.05) is 13.8 Å². The number of amides is 1. The number of carbonyl (C=O) groups is 1. The van der Waals surface area contributed by atoms with Crippen LogP contribution >= 0.6 is 12.4 Å². The van der Waals surface area contributed by atoms with Gasteiger partial charge in [-0.2, -0.15) is 0 Å². The monoisotopic (exact) mass is 354 g/mol. The van der Waals surface area contributed by atoms with Gasteiger partial charge in [0.2, 0.25) is 5.91 Å². The van der Waals surface area contributed by atoms with Gasteiger partial charge in [-0.25, -0.2) is 0 Å². The molecule has 0 aliphatic heterocycles. The van der Waals surface area contributed by atoms with Crippen molar-refractivity contribution in [2.75, 3.05) is 7.05 Å². The number of ether oxygens (including phenoxy) is 1. The third kappa shape index (κ3) is 6.66. The summed E-state index contributed by atoms with van der Waals surface area (Å²) in [5.74, 6) is -0.625. The number of rotatable bonds is 6. The van der Waals surface area contributed by atoms with Crippen molar-refractivity contribution in [1.29, 1.82) is 0 Å². The molecular weight excluding hydrogens is 333 g/mol. The predicted octanol–water partition coefficient (Wildman–Crippen LogP) is 3.34. The normalized spacial score (nSPS) is 13.7. The van der Waals surface area contributed by atoms with Crippen LogP contribution in [0.2, 0.25) is 0 Å². The summed E-state index contributed by atoms with van der Waals surface area (Å²) >= 11 is 0. The Kier molecular flexibility index (Phi) is 8.41. The highest BCUT2D eigenvalue weighted by Gasteiger charge is 2.32. The highest BCUT2D eigenvalue weighted by atomic mass is 35.5. The number of halogens is 4. The van der Waals surface area contributed by atoms with E-state index in [9.17, 15) is 18.0 Å². The zero-order valence-corrected chi connectivity index (χ0v) is 14.1. The zero-order valence-electron chi connectivity index (χ0n) is 13.3. The Bertz CT molecular complexity index is 512. The summed E-state index contributed by atoms with van der Waals surface area (Å²) in [6, 6.07) is 5.06. The molecule has 1 amide bonds. The molecule has 0 saturated carbocycles. The van der Waals surface area contributed by atoms with Crippen LogP contribution in [0, 0.1) is 5.92 Å². The molecule has 0 spiro atoms. The number of nitrogens with zero attached hydrogens (tertiary/aromatic N) is 1. The fourth-order valence-electron chi connectivity index (χ4n) is 1.94. The van der Waals surface area contributed by atoms with Crippen LogP contribution in [0.3, 0.4) is 0 Å². The molecular formula is C15H22ClF3N2O2. The SMILES string of the molecule is CCC(C)C(N)C(=O)N(C)Cc1ccccc1OC(F)(F)F.Cl. The molecule has 0 aliphatic carbocycles. The van der Waals surface area contributed by atoms with Gasteiger partial charge in [0.25, 0.3) is 0 Å².